The molecule has 1 fully saturated rings. The molecular formula is C20H32N2O4S. The molecule has 0 radical (unpaired) electrons. The van der Waals surface area contributed by atoms with Crippen molar-refractivity contribution < 1.29 is 17.9 Å². The molecule has 0 aromatic heterocycles. The molecule has 7 heteroatoms. The minimum atomic E-state index is -3.55. The molecule has 0 heterocycles. The molecule has 1 atom stereocenters. The van der Waals surface area contributed by atoms with Crippen molar-refractivity contribution in [2.75, 3.05) is 13.2 Å². The number of carbonyl (C=O) groups is 1. The van der Waals surface area contributed by atoms with Gasteiger partial charge in [0, 0.05) is 24.8 Å². The van der Waals surface area contributed by atoms with Gasteiger partial charge in [-0.25, -0.2) is 13.1 Å². The summed E-state index contributed by atoms with van der Waals surface area (Å²) in [6.07, 6.45) is 7.97. The van der Waals surface area contributed by atoms with Crippen molar-refractivity contribution >= 4 is 15.9 Å². The molecule has 1 aliphatic carbocycles. The number of amides is 1. The Hall–Kier alpha value is -1.44. The van der Waals surface area contributed by atoms with E-state index in [-0.39, 0.29) is 16.8 Å². The van der Waals surface area contributed by atoms with Crippen molar-refractivity contribution in [2.24, 2.45) is 0 Å². The summed E-state index contributed by atoms with van der Waals surface area (Å²) in [7, 11) is -3.55. The largest absolute Gasteiger partial charge is 0.378 e. The van der Waals surface area contributed by atoms with Crippen LogP contribution in [0.15, 0.2) is 29.2 Å². The number of carbonyl (C=O) groups excluding carboxylic acids is 1. The van der Waals surface area contributed by atoms with Crippen LogP contribution >= 0.6 is 0 Å². The van der Waals surface area contributed by atoms with Gasteiger partial charge in [-0.2, -0.15) is 0 Å². The number of rotatable bonds is 10. The van der Waals surface area contributed by atoms with Gasteiger partial charge >= 0.3 is 0 Å². The van der Waals surface area contributed by atoms with Gasteiger partial charge in [0.2, 0.25) is 10.0 Å². The van der Waals surface area contributed by atoms with Crippen LogP contribution in [0.5, 0.6) is 0 Å². The van der Waals surface area contributed by atoms with Crippen molar-refractivity contribution in [3.63, 3.8) is 0 Å². The summed E-state index contributed by atoms with van der Waals surface area (Å²) in [4.78, 5) is 12.3. The SMILES string of the molecule is CCC(C)NS(=O)(=O)c1ccc(C(=O)NCCCOC2CCCCC2)cc1. The normalized spacial score (nSPS) is 16.8. The van der Waals surface area contributed by atoms with Crippen molar-refractivity contribution in [3.8, 4) is 0 Å². The molecule has 0 bridgehead atoms. The molecule has 1 aromatic carbocycles. The number of hydrogen-bond donors (Lipinski definition) is 2. The van der Waals surface area contributed by atoms with Gasteiger partial charge in [0.15, 0.2) is 0 Å². The van der Waals surface area contributed by atoms with E-state index >= 15 is 0 Å². The zero-order valence-electron chi connectivity index (χ0n) is 16.4. The topological polar surface area (TPSA) is 84.5 Å². The van der Waals surface area contributed by atoms with E-state index in [0.29, 0.717) is 31.2 Å². The highest BCUT2D eigenvalue weighted by atomic mass is 32.2. The van der Waals surface area contributed by atoms with Crippen LogP contribution in [0.2, 0.25) is 0 Å². The second kappa shape index (κ2) is 10.8. The van der Waals surface area contributed by atoms with Gasteiger partial charge in [-0.05, 0) is 56.9 Å². The minimum absolute atomic E-state index is 0.131. The van der Waals surface area contributed by atoms with E-state index in [1.807, 2.05) is 13.8 Å². The van der Waals surface area contributed by atoms with Gasteiger partial charge in [-0.1, -0.05) is 26.2 Å². The van der Waals surface area contributed by atoms with E-state index in [4.69, 9.17) is 4.74 Å². The van der Waals surface area contributed by atoms with Crippen molar-refractivity contribution in [1.82, 2.24) is 10.0 Å². The average Bonchev–Trinajstić information content (AvgIpc) is 2.68. The zero-order valence-corrected chi connectivity index (χ0v) is 17.2. The fraction of sp³-hybridized carbons (Fsp3) is 0.650. The number of benzene rings is 1. The van der Waals surface area contributed by atoms with Gasteiger partial charge < -0.3 is 10.1 Å². The Labute approximate surface area is 163 Å². The fourth-order valence-corrected chi connectivity index (χ4v) is 4.39. The quantitative estimate of drug-likeness (QED) is 0.595. The monoisotopic (exact) mass is 396 g/mol. The molecule has 27 heavy (non-hydrogen) atoms. The first-order chi connectivity index (χ1) is 12.9. The lowest BCUT2D eigenvalue weighted by atomic mass is 9.98. The summed E-state index contributed by atoms with van der Waals surface area (Å²) in [6.45, 7) is 4.93. The summed E-state index contributed by atoms with van der Waals surface area (Å²) < 4.78 is 32.9. The summed E-state index contributed by atoms with van der Waals surface area (Å²) >= 11 is 0. The van der Waals surface area contributed by atoms with Crippen molar-refractivity contribution in [1.29, 1.82) is 0 Å². The lowest BCUT2D eigenvalue weighted by Crippen LogP contribution is -2.32. The second-order valence-corrected chi connectivity index (χ2v) is 8.91. The van der Waals surface area contributed by atoms with Crippen LogP contribution in [0.3, 0.4) is 0 Å². The molecule has 152 valence electrons. The highest BCUT2D eigenvalue weighted by Gasteiger charge is 2.17. The van der Waals surface area contributed by atoms with Crippen LogP contribution in [0.4, 0.5) is 0 Å². The lowest BCUT2D eigenvalue weighted by molar-refractivity contribution is 0.0273. The van der Waals surface area contributed by atoms with Crippen LogP contribution in [0.1, 0.15) is 69.2 Å². The van der Waals surface area contributed by atoms with Crippen LogP contribution in [-0.2, 0) is 14.8 Å². The summed E-state index contributed by atoms with van der Waals surface area (Å²) in [5.74, 6) is -0.202. The first-order valence-electron chi connectivity index (χ1n) is 9.94. The number of nitrogens with one attached hydrogen (secondary N) is 2. The Morgan fingerprint density at radius 3 is 2.48 bits per heavy atom. The standard InChI is InChI=1S/C20H32N2O4S/c1-3-16(2)22-27(24,25)19-12-10-17(11-13-19)20(23)21-14-7-15-26-18-8-5-4-6-9-18/h10-13,16,18,22H,3-9,14-15H2,1-2H3,(H,21,23). The van der Waals surface area contributed by atoms with E-state index in [2.05, 4.69) is 10.0 Å². The molecule has 0 saturated heterocycles. The molecule has 1 aliphatic rings. The van der Waals surface area contributed by atoms with Gasteiger partial charge in [0.1, 0.15) is 0 Å². The Morgan fingerprint density at radius 1 is 1.19 bits per heavy atom. The smallest absolute Gasteiger partial charge is 0.251 e. The number of ether oxygens (including phenoxy) is 1. The van der Waals surface area contributed by atoms with Crippen LogP contribution < -0.4 is 10.0 Å². The van der Waals surface area contributed by atoms with Crippen molar-refractivity contribution in [3.05, 3.63) is 29.8 Å². The molecule has 2 N–H and O–H groups in total. The van der Waals surface area contributed by atoms with Gasteiger partial charge in [0.25, 0.3) is 5.91 Å². The first kappa shape index (κ1) is 21.9. The Morgan fingerprint density at radius 2 is 1.85 bits per heavy atom. The lowest BCUT2D eigenvalue weighted by Gasteiger charge is -2.21. The number of sulfonamides is 1. The Balaban J connectivity index is 1.74. The Kier molecular flexibility index (Phi) is 8.73. The van der Waals surface area contributed by atoms with E-state index in [1.165, 1.54) is 31.4 Å². The Bertz CT molecular complexity index is 682. The molecule has 1 unspecified atom stereocenters. The molecule has 6 nitrogen and oxygen atoms in total. The average molecular weight is 397 g/mol. The highest BCUT2D eigenvalue weighted by molar-refractivity contribution is 7.89. The van der Waals surface area contributed by atoms with E-state index in [9.17, 15) is 13.2 Å². The summed E-state index contributed by atoms with van der Waals surface area (Å²) in [5, 5.41) is 2.85. The van der Waals surface area contributed by atoms with Crippen LogP contribution in [0, 0.1) is 0 Å². The van der Waals surface area contributed by atoms with E-state index in [0.717, 1.165) is 19.3 Å². The second-order valence-electron chi connectivity index (χ2n) is 7.20. The maximum Gasteiger partial charge on any atom is 0.251 e. The number of hydrogen-bond acceptors (Lipinski definition) is 4. The summed E-state index contributed by atoms with van der Waals surface area (Å²) in [5.41, 5.74) is 0.450. The van der Waals surface area contributed by atoms with Crippen molar-refractivity contribution in [2.45, 2.75) is 75.8 Å². The highest BCUT2D eigenvalue weighted by Crippen LogP contribution is 2.20. The molecule has 0 spiro atoms. The predicted molar refractivity (Wildman–Crippen MR) is 106 cm³/mol. The molecule has 1 amide bonds. The third-order valence-corrected chi connectivity index (χ3v) is 6.51. The van der Waals surface area contributed by atoms with E-state index in [1.54, 1.807) is 12.1 Å². The van der Waals surface area contributed by atoms with Gasteiger partial charge in [-0.15, -0.1) is 0 Å². The van der Waals surface area contributed by atoms with Gasteiger partial charge in [-0.3, -0.25) is 4.79 Å². The molecule has 0 aliphatic heterocycles. The first-order valence-corrected chi connectivity index (χ1v) is 11.4. The molecule has 1 aromatic rings. The maximum absolute atomic E-state index is 12.2. The minimum Gasteiger partial charge on any atom is -0.378 e. The predicted octanol–water partition coefficient (Wildman–Crippen LogP) is 3.23. The zero-order chi connectivity index (χ0) is 19.7. The van der Waals surface area contributed by atoms with Crippen LogP contribution in [-0.4, -0.2) is 39.6 Å². The van der Waals surface area contributed by atoms with Gasteiger partial charge in [0.05, 0.1) is 11.0 Å². The molecule has 1 saturated carbocycles. The van der Waals surface area contributed by atoms with E-state index < -0.39 is 10.0 Å². The third kappa shape index (κ3) is 7.24. The van der Waals surface area contributed by atoms with Crippen LogP contribution in [0.25, 0.3) is 0 Å². The fourth-order valence-electron chi connectivity index (χ4n) is 3.06. The maximum atomic E-state index is 12.2. The molecule has 2 rings (SSSR count). The molecular weight excluding hydrogens is 364 g/mol. The summed E-state index contributed by atoms with van der Waals surface area (Å²) in [6, 6.07) is 5.88. The third-order valence-electron chi connectivity index (χ3n) is 4.91.